The van der Waals surface area contributed by atoms with Crippen LogP contribution < -0.4 is 5.56 Å². The summed E-state index contributed by atoms with van der Waals surface area (Å²) in [6, 6.07) is 4.61. The number of fused-ring (bicyclic) bond motifs is 1. The molecule has 28 heavy (non-hydrogen) atoms. The second-order valence-corrected chi connectivity index (χ2v) is 8.09. The largest absolute Gasteiger partial charge is 0.378 e. The number of piperidine rings is 2. The number of pyridine rings is 1. The van der Waals surface area contributed by atoms with Gasteiger partial charge in [-0.1, -0.05) is 6.07 Å². The average molecular weight is 388 g/mol. The summed E-state index contributed by atoms with van der Waals surface area (Å²) < 4.78 is 5.41. The molecule has 0 bridgehead atoms. The quantitative estimate of drug-likeness (QED) is 0.780. The van der Waals surface area contributed by atoms with Crippen LogP contribution in [0.4, 0.5) is 0 Å². The van der Waals surface area contributed by atoms with Crippen molar-refractivity contribution in [3.8, 4) is 0 Å². The first-order valence-electron chi connectivity index (χ1n) is 10.1. The van der Waals surface area contributed by atoms with Crippen molar-refractivity contribution in [3.63, 3.8) is 0 Å². The van der Waals surface area contributed by atoms with Gasteiger partial charge in [0.05, 0.1) is 18.6 Å². The number of nitrogens with one attached hydrogen (secondary N) is 1. The highest BCUT2D eigenvalue weighted by molar-refractivity contribution is 5.93. The zero-order valence-electron chi connectivity index (χ0n) is 16.4. The van der Waals surface area contributed by atoms with Crippen LogP contribution in [0.25, 0.3) is 0 Å². The molecule has 0 spiro atoms. The van der Waals surface area contributed by atoms with Crippen LogP contribution in [0, 0.1) is 5.41 Å². The molecule has 1 aromatic heterocycles. The summed E-state index contributed by atoms with van der Waals surface area (Å²) in [5.41, 5.74) is -0.418. The van der Waals surface area contributed by atoms with Crippen LogP contribution in [0.1, 0.15) is 29.8 Å². The molecule has 1 aromatic rings. The monoisotopic (exact) mass is 388 g/mol. The van der Waals surface area contributed by atoms with Gasteiger partial charge in [0.15, 0.2) is 0 Å². The fourth-order valence-corrected chi connectivity index (χ4v) is 4.99. The molecule has 0 unspecified atom stereocenters. The summed E-state index contributed by atoms with van der Waals surface area (Å²) in [5.74, 6) is 0.0386. The first-order valence-corrected chi connectivity index (χ1v) is 10.1. The van der Waals surface area contributed by atoms with Gasteiger partial charge in [-0.05, 0) is 38.9 Å². The van der Waals surface area contributed by atoms with E-state index >= 15 is 0 Å². The van der Waals surface area contributed by atoms with Gasteiger partial charge in [-0.3, -0.25) is 14.4 Å². The molecule has 4 heterocycles. The highest BCUT2D eigenvalue weighted by Gasteiger charge is 2.53. The van der Waals surface area contributed by atoms with Gasteiger partial charge in [-0.2, -0.15) is 0 Å². The van der Waals surface area contributed by atoms with Crippen LogP contribution in [0.15, 0.2) is 23.0 Å². The molecule has 3 saturated heterocycles. The summed E-state index contributed by atoms with van der Waals surface area (Å²) in [6.07, 6.45) is 2.51. The Kier molecular flexibility index (Phi) is 5.25. The van der Waals surface area contributed by atoms with Gasteiger partial charge >= 0.3 is 0 Å². The Balaban J connectivity index is 1.57. The van der Waals surface area contributed by atoms with E-state index in [1.807, 2.05) is 11.9 Å². The van der Waals surface area contributed by atoms with Gasteiger partial charge in [-0.25, -0.2) is 0 Å². The maximum atomic E-state index is 13.5. The van der Waals surface area contributed by atoms with Crippen molar-refractivity contribution in [1.82, 2.24) is 19.7 Å². The van der Waals surface area contributed by atoms with E-state index in [-0.39, 0.29) is 23.4 Å². The molecule has 2 atom stereocenters. The van der Waals surface area contributed by atoms with Crippen LogP contribution in [0.5, 0.6) is 0 Å². The van der Waals surface area contributed by atoms with Gasteiger partial charge in [0.25, 0.3) is 5.91 Å². The first kappa shape index (κ1) is 19.1. The van der Waals surface area contributed by atoms with Gasteiger partial charge < -0.3 is 24.4 Å². The fourth-order valence-electron chi connectivity index (χ4n) is 4.99. The number of hydrogen-bond acceptors (Lipinski definition) is 5. The zero-order chi connectivity index (χ0) is 19.7. The van der Waals surface area contributed by atoms with Gasteiger partial charge in [0.2, 0.25) is 11.5 Å². The summed E-state index contributed by atoms with van der Waals surface area (Å²) >= 11 is 0. The Morgan fingerprint density at radius 2 is 1.89 bits per heavy atom. The molecule has 3 aliphatic heterocycles. The molecule has 152 valence electrons. The molecular weight excluding hydrogens is 360 g/mol. The second-order valence-electron chi connectivity index (χ2n) is 8.09. The van der Waals surface area contributed by atoms with Crippen molar-refractivity contribution >= 4 is 11.8 Å². The number of aromatic amines is 1. The molecule has 2 amide bonds. The molecule has 0 aromatic carbocycles. The predicted molar refractivity (Wildman–Crippen MR) is 103 cm³/mol. The van der Waals surface area contributed by atoms with Crippen LogP contribution in [0.3, 0.4) is 0 Å². The third-order valence-electron chi connectivity index (χ3n) is 6.53. The minimum Gasteiger partial charge on any atom is -0.378 e. The number of ether oxygens (including phenoxy) is 1. The molecule has 0 saturated carbocycles. The molecule has 4 rings (SSSR count). The summed E-state index contributed by atoms with van der Waals surface area (Å²) in [6.45, 7) is 4.42. The van der Waals surface area contributed by atoms with Crippen molar-refractivity contribution in [1.29, 1.82) is 0 Å². The summed E-state index contributed by atoms with van der Waals surface area (Å²) in [4.78, 5) is 46.6. The van der Waals surface area contributed by atoms with E-state index in [9.17, 15) is 14.4 Å². The number of likely N-dealkylation sites (tertiary alicyclic amines) is 2. The number of carbonyl (C=O) groups is 2. The standard InChI is InChI=1S/C20H28N4O4/c1-22-8-3-6-20(19(27)23-10-12-28-13-11-23)7-9-24(14-16(20)22)18(26)15-4-2-5-17(25)21-15/h2,4-5,16H,3,6-14H2,1H3,(H,21,25)/t16-,20+/m0/s1. The number of carbonyl (C=O) groups excluding carboxylic acids is 2. The Bertz CT molecular complexity index is 803. The number of nitrogens with zero attached hydrogens (tertiary/aromatic N) is 3. The third kappa shape index (κ3) is 3.35. The minimum absolute atomic E-state index is 0.00951. The SMILES string of the molecule is CN1CCC[C@@]2(C(=O)N3CCOCC3)CCN(C(=O)c3cccc(=O)[nH]3)C[C@H]12. The van der Waals surface area contributed by atoms with E-state index in [1.165, 1.54) is 6.07 Å². The number of rotatable bonds is 2. The van der Waals surface area contributed by atoms with Crippen molar-refractivity contribution in [2.75, 3.05) is 53.0 Å². The van der Waals surface area contributed by atoms with E-state index in [4.69, 9.17) is 4.74 Å². The highest BCUT2D eigenvalue weighted by atomic mass is 16.5. The Hall–Kier alpha value is -2.19. The van der Waals surface area contributed by atoms with Crippen molar-refractivity contribution in [3.05, 3.63) is 34.2 Å². The first-order chi connectivity index (χ1) is 13.5. The maximum Gasteiger partial charge on any atom is 0.270 e. The number of H-pyrrole nitrogens is 1. The van der Waals surface area contributed by atoms with Gasteiger partial charge in [0.1, 0.15) is 5.69 Å². The van der Waals surface area contributed by atoms with Crippen LogP contribution >= 0.6 is 0 Å². The number of aromatic nitrogens is 1. The van der Waals surface area contributed by atoms with Crippen molar-refractivity contribution < 1.29 is 14.3 Å². The lowest BCUT2D eigenvalue weighted by molar-refractivity contribution is -0.158. The van der Waals surface area contributed by atoms with Crippen LogP contribution in [0.2, 0.25) is 0 Å². The predicted octanol–water partition coefficient (Wildman–Crippen LogP) is 0.160. The lowest BCUT2D eigenvalue weighted by Crippen LogP contribution is -2.66. The summed E-state index contributed by atoms with van der Waals surface area (Å²) in [5, 5.41) is 0. The highest BCUT2D eigenvalue weighted by Crippen LogP contribution is 2.43. The zero-order valence-corrected chi connectivity index (χ0v) is 16.4. The normalized spacial score (nSPS) is 28.7. The van der Waals surface area contributed by atoms with E-state index in [2.05, 4.69) is 9.88 Å². The molecule has 8 heteroatoms. The summed E-state index contributed by atoms with van der Waals surface area (Å²) in [7, 11) is 2.05. The van der Waals surface area contributed by atoms with Crippen molar-refractivity contribution in [2.45, 2.75) is 25.3 Å². The van der Waals surface area contributed by atoms with E-state index in [0.717, 1.165) is 19.4 Å². The van der Waals surface area contributed by atoms with E-state index in [0.29, 0.717) is 51.5 Å². The molecule has 1 N–H and O–H groups in total. The maximum absolute atomic E-state index is 13.5. The van der Waals surface area contributed by atoms with Crippen LogP contribution in [-0.4, -0.2) is 90.5 Å². The smallest absolute Gasteiger partial charge is 0.270 e. The lowest BCUT2D eigenvalue weighted by atomic mass is 9.67. The Labute approximate surface area is 164 Å². The number of likely N-dealkylation sites (N-methyl/N-ethyl adjacent to an activating group) is 1. The molecule has 0 radical (unpaired) electrons. The second kappa shape index (κ2) is 7.67. The van der Waals surface area contributed by atoms with E-state index in [1.54, 1.807) is 17.0 Å². The molecule has 3 fully saturated rings. The molecule has 8 nitrogen and oxygen atoms in total. The number of hydrogen-bond donors (Lipinski definition) is 1. The third-order valence-corrected chi connectivity index (χ3v) is 6.53. The molecular formula is C20H28N4O4. The van der Waals surface area contributed by atoms with Gasteiger partial charge in [0, 0.05) is 38.3 Å². The van der Waals surface area contributed by atoms with Crippen molar-refractivity contribution in [2.24, 2.45) is 5.41 Å². The Morgan fingerprint density at radius 3 is 2.64 bits per heavy atom. The molecule has 0 aliphatic carbocycles. The fraction of sp³-hybridized carbons (Fsp3) is 0.650. The number of morpholine rings is 1. The number of amides is 2. The van der Waals surface area contributed by atoms with E-state index < -0.39 is 5.41 Å². The average Bonchev–Trinajstić information content (AvgIpc) is 2.73. The van der Waals surface area contributed by atoms with Crippen LogP contribution in [-0.2, 0) is 9.53 Å². The Morgan fingerprint density at radius 1 is 1.11 bits per heavy atom. The lowest BCUT2D eigenvalue weighted by Gasteiger charge is -2.54. The van der Waals surface area contributed by atoms with Gasteiger partial charge in [-0.15, -0.1) is 0 Å². The minimum atomic E-state index is -0.439. The molecule has 3 aliphatic rings. The topological polar surface area (TPSA) is 85.9 Å².